The van der Waals surface area contributed by atoms with Gasteiger partial charge in [0.1, 0.15) is 0 Å². The van der Waals surface area contributed by atoms with E-state index < -0.39 is 0 Å². The van der Waals surface area contributed by atoms with Gasteiger partial charge in [-0.05, 0) is 26.2 Å². The molecule has 1 aliphatic rings. The van der Waals surface area contributed by atoms with Gasteiger partial charge in [0.2, 0.25) is 0 Å². The molecule has 1 nitrogen and oxygen atoms in total. The molecule has 0 aliphatic carbocycles. The second kappa shape index (κ2) is 3.40. The molecule has 0 radical (unpaired) electrons. The van der Waals surface area contributed by atoms with Crippen molar-refractivity contribution in [3.63, 3.8) is 0 Å². The highest BCUT2D eigenvalue weighted by atomic mass is 16.5. The molecule has 0 saturated carbocycles. The summed E-state index contributed by atoms with van der Waals surface area (Å²) < 4.78 is 5.72. The molecule has 1 unspecified atom stereocenters. The predicted octanol–water partition coefficient (Wildman–Crippen LogP) is 2.91. The average molecular weight is 154 g/mol. The van der Waals surface area contributed by atoms with Crippen LogP contribution in [0.25, 0.3) is 0 Å². The van der Waals surface area contributed by atoms with Gasteiger partial charge in [0.15, 0.2) is 0 Å². The Hall–Kier alpha value is -0.300. The standard InChI is InChI=1S/C10H18O/c1-4-6-10(3)8-9(2)5-7-11-10/h2,4-8H2,1,3H3. The summed E-state index contributed by atoms with van der Waals surface area (Å²) in [6.45, 7) is 9.28. The summed E-state index contributed by atoms with van der Waals surface area (Å²) in [4.78, 5) is 0. The van der Waals surface area contributed by atoms with Gasteiger partial charge in [-0.2, -0.15) is 0 Å². The van der Waals surface area contributed by atoms with Gasteiger partial charge in [0.05, 0.1) is 12.2 Å². The van der Waals surface area contributed by atoms with Gasteiger partial charge >= 0.3 is 0 Å². The Bertz CT molecular complexity index is 147. The SMILES string of the molecule is C=C1CCOC(C)(CCC)C1. The molecular formula is C10H18O. The molecule has 0 aromatic carbocycles. The minimum absolute atomic E-state index is 0.101. The van der Waals surface area contributed by atoms with Crippen LogP contribution in [0, 0.1) is 0 Å². The summed E-state index contributed by atoms with van der Waals surface area (Å²) in [5.41, 5.74) is 1.46. The van der Waals surface area contributed by atoms with Crippen LogP contribution in [0.15, 0.2) is 12.2 Å². The Morgan fingerprint density at radius 3 is 2.91 bits per heavy atom. The highest BCUT2D eigenvalue weighted by molar-refractivity contribution is 5.03. The van der Waals surface area contributed by atoms with Crippen molar-refractivity contribution in [2.75, 3.05) is 6.61 Å². The first-order valence-electron chi connectivity index (χ1n) is 4.47. The van der Waals surface area contributed by atoms with E-state index in [1.807, 2.05) is 0 Å². The van der Waals surface area contributed by atoms with Crippen LogP contribution >= 0.6 is 0 Å². The third-order valence-corrected chi connectivity index (χ3v) is 2.31. The fraction of sp³-hybridized carbons (Fsp3) is 0.800. The number of ether oxygens (including phenoxy) is 1. The predicted molar refractivity (Wildman–Crippen MR) is 47.6 cm³/mol. The lowest BCUT2D eigenvalue weighted by Crippen LogP contribution is -2.33. The molecule has 1 rings (SSSR count). The van der Waals surface area contributed by atoms with Gasteiger partial charge in [0, 0.05) is 0 Å². The van der Waals surface area contributed by atoms with Crippen molar-refractivity contribution in [1.82, 2.24) is 0 Å². The van der Waals surface area contributed by atoms with Gasteiger partial charge in [-0.1, -0.05) is 25.5 Å². The summed E-state index contributed by atoms with van der Waals surface area (Å²) in [6.07, 6.45) is 4.47. The molecule has 64 valence electrons. The summed E-state index contributed by atoms with van der Waals surface area (Å²) in [6, 6.07) is 0. The zero-order valence-corrected chi connectivity index (χ0v) is 7.65. The molecule has 0 bridgehead atoms. The molecule has 1 heterocycles. The Morgan fingerprint density at radius 2 is 2.36 bits per heavy atom. The molecule has 11 heavy (non-hydrogen) atoms. The maximum atomic E-state index is 5.72. The summed E-state index contributed by atoms with van der Waals surface area (Å²) >= 11 is 0. The third-order valence-electron chi connectivity index (χ3n) is 2.31. The van der Waals surface area contributed by atoms with Crippen molar-refractivity contribution in [3.8, 4) is 0 Å². The van der Waals surface area contributed by atoms with Crippen molar-refractivity contribution in [2.24, 2.45) is 0 Å². The first-order valence-corrected chi connectivity index (χ1v) is 4.47. The fourth-order valence-electron chi connectivity index (χ4n) is 1.80. The Labute approximate surface area is 69.4 Å². The lowest BCUT2D eigenvalue weighted by molar-refractivity contribution is -0.0531. The van der Waals surface area contributed by atoms with Crippen LogP contribution in [-0.4, -0.2) is 12.2 Å². The van der Waals surface area contributed by atoms with Crippen LogP contribution in [0.3, 0.4) is 0 Å². The smallest absolute Gasteiger partial charge is 0.0691 e. The van der Waals surface area contributed by atoms with Crippen molar-refractivity contribution < 1.29 is 4.74 Å². The highest BCUT2D eigenvalue weighted by Crippen LogP contribution is 2.30. The van der Waals surface area contributed by atoms with Gasteiger partial charge in [-0.25, -0.2) is 0 Å². The molecule has 0 amide bonds. The van der Waals surface area contributed by atoms with Gasteiger partial charge < -0.3 is 4.74 Å². The molecule has 0 spiro atoms. The normalized spacial score (nSPS) is 32.4. The second-order valence-electron chi connectivity index (χ2n) is 3.73. The lowest BCUT2D eigenvalue weighted by atomic mass is 9.89. The van der Waals surface area contributed by atoms with E-state index in [0.29, 0.717) is 0 Å². The van der Waals surface area contributed by atoms with Crippen LogP contribution in [0.1, 0.15) is 39.5 Å². The number of hydrogen-bond donors (Lipinski definition) is 0. The Morgan fingerprint density at radius 1 is 1.64 bits per heavy atom. The Kier molecular flexibility index (Phi) is 2.72. The molecule has 1 saturated heterocycles. The Balaban J connectivity index is 2.48. The van der Waals surface area contributed by atoms with Crippen LogP contribution < -0.4 is 0 Å². The second-order valence-corrected chi connectivity index (χ2v) is 3.73. The maximum Gasteiger partial charge on any atom is 0.0691 e. The first-order chi connectivity index (χ1) is 5.16. The number of rotatable bonds is 2. The topological polar surface area (TPSA) is 9.23 Å². The molecule has 1 heteroatoms. The maximum absolute atomic E-state index is 5.72. The molecule has 1 atom stereocenters. The highest BCUT2D eigenvalue weighted by Gasteiger charge is 2.28. The minimum atomic E-state index is 0.101. The zero-order chi connectivity index (χ0) is 8.32. The first kappa shape index (κ1) is 8.79. The largest absolute Gasteiger partial charge is 0.375 e. The van der Waals surface area contributed by atoms with Crippen LogP contribution in [0.5, 0.6) is 0 Å². The molecule has 0 N–H and O–H groups in total. The van der Waals surface area contributed by atoms with E-state index in [-0.39, 0.29) is 5.60 Å². The summed E-state index contributed by atoms with van der Waals surface area (Å²) in [5.74, 6) is 0. The van der Waals surface area contributed by atoms with Crippen LogP contribution in [0.2, 0.25) is 0 Å². The summed E-state index contributed by atoms with van der Waals surface area (Å²) in [5, 5.41) is 0. The minimum Gasteiger partial charge on any atom is -0.375 e. The quantitative estimate of drug-likeness (QED) is 0.556. The van der Waals surface area contributed by atoms with Gasteiger partial charge in [0.25, 0.3) is 0 Å². The van der Waals surface area contributed by atoms with Gasteiger partial charge in [-0.3, -0.25) is 0 Å². The fourth-order valence-corrected chi connectivity index (χ4v) is 1.80. The van der Waals surface area contributed by atoms with Crippen LogP contribution in [-0.2, 0) is 4.74 Å². The van der Waals surface area contributed by atoms with E-state index in [2.05, 4.69) is 20.4 Å². The molecule has 0 aromatic rings. The average Bonchev–Trinajstić information content (AvgIpc) is 1.86. The molecule has 0 aromatic heterocycles. The molecule has 1 aliphatic heterocycles. The van der Waals surface area contributed by atoms with Crippen molar-refractivity contribution >= 4 is 0 Å². The van der Waals surface area contributed by atoms with E-state index >= 15 is 0 Å². The molecular weight excluding hydrogens is 136 g/mol. The van der Waals surface area contributed by atoms with E-state index in [1.165, 1.54) is 12.0 Å². The number of hydrogen-bond acceptors (Lipinski definition) is 1. The van der Waals surface area contributed by atoms with Crippen molar-refractivity contribution in [2.45, 2.75) is 45.1 Å². The monoisotopic (exact) mass is 154 g/mol. The van der Waals surface area contributed by atoms with E-state index in [0.717, 1.165) is 25.9 Å². The lowest BCUT2D eigenvalue weighted by Gasteiger charge is -2.34. The van der Waals surface area contributed by atoms with Crippen LogP contribution in [0.4, 0.5) is 0 Å². The van der Waals surface area contributed by atoms with Crippen molar-refractivity contribution in [1.29, 1.82) is 0 Å². The van der Waals surface area contributed by atoms with E-state index in [4.69, 9.17) is 4.74 Å². The van der Waals surface area contributed by atoms with Crippen molar-refractivity contribution in [3.05, 3.63) is 12.2 Å². The van der Waals surface area contributed by atoms with Gasteiger partial charge in [-0.15, -0.1) is 0 Å². The summed E-state index contributed by atoms with van der Waals surface area (Å²) in [7, 11) is 0. The molecule has 1 fully saturated rings. The zero-order valence-electron chi connectivity index (χ0n) is 7.65. The van der Waals surface area contributed by atoms with E-state index in [1.54, 1.807) is 0 Å². The van der Waals surface area contributed by atoms with E-state index in [9.17, 15) is 0 Å². The third kappa shape index (κ3) is 2.33.